The van der Waals surface area contributed by atoms with E-state index in [2.05, 4.69) is 0 Å². The molecule has 0 aliphatic carbocycles. The van der Waals surface area contributed by atoms with Crippen LogP contribution in [0.1, 0.15) is 24.7 Å². The normalized spacial score (nSPS) is 18.6. The maximum atomic E-state index is 9.81. The van der Waals surface area contributed by atoms with Crippen LogP contribution < -0.4 is 0 Å². The van der Waals surface area contributed by atoms with Crippen molar-refractivity contribution in [2.75, 3.05) is 6.61 Å². The minimum absolute atomic E-state index is 0.274. The molecule has 0 saturated heterocycles. The van der Waals surface area contributed by atoms with Crippen molar-refractivity contribution in [2.45, 2.75) is 18.9 Å². The van der Waals surface area contributed by atoms with Crippen LogP contribution in [-0.2, 0) is 4.74 Å². The molecule has 0 spiro atoms. The third kappa shape index (κ3) is 1.94. The first-order chi connectivity index (χ1) is 6.77. The Kier molecular flexibility index (Phi) is 2.79. The Morgan fingerprint density at radius 2 is 2.29 bits per heavy atom. The molecule has 2 heterocycles. The van der Waals surface area contributed by atoms with Crippen molar-refractivity contribution < 1.29 is 14.3 Å². The molecule has 0 saturated carbocycles. The standard InChI is InChI=1S/C10H11ClO3/c11-9-5-4-8(14-9)10(12)7-3-1-2-6-13-7/h3-5,10,12H,1-2,6H2. The van der Waals surface area contributed by atoms with Crippen LogP contribution in [0.2, 0.25) is 5.22 Å². The van der Waals surface area contributed by atoms with E-state index in [9.17, 15) is 5.11 Å². The highest BCUT2D eigenvalue weighted by Crippen LogP contribution is 2.28. The molecule has 0 radical (unpaired) electrons. The first-order valence-corrected chi connectivity index (χ1v) is 4.91. The Morgan fingerprint density at radius 1 is 1.43 bits per heavy atom. The highest BCUT2D eigenvalue weighted by atomic mass is 35.5. The molecule has 2 rings (SSSR count). The van der Waals surface area contributed by atoms with E-state index in [0.29, 0.717) is 18.1 Å². The Balaban J connectivity index is 2.14. The van der Waals surface area contributed by atoms with Crippen molar-refractivity contribution in [3.63, 3.8) is 0 Å². The SMILES string of the molecule is OC(C1=CCCCO1)c1ccc(Cl)o1. The summed E-state index contributed by atoms with van der Waals surface area (Å²) in [7, 11) is 0. The number of hydrogen-bond acceptors (Lipinski definition) is 3. The summed E-state index contributed by atoms with van der Waals surface area (Å²) in [6, 6.07) is 3.25. The van der Waals surface area contributed by atoms with Gasteiger partial charge in [0.1, 0.15) is 11.5 Å². The van der Waals surface area contributed by atoms with E-state index in [1.165, 1.54) is 0 Å². The van der Waals surface area contributed by atoms with Crippen LogP contribution in [0.25, 0.3) is 0 Å². The summed E-state index contributed by atoms with van der Waals surface area (Å²) in [5.41, 5.74) is 0. The van der Waals surface area contributed by atoms with E-state index in [-0.39, 0.29) is 5.22 Å². The second-order valence-corrected chi connectivity index (χ2v) is 3.51. The van der Waals surface area contributed by atoms with E-state index in [4.69, 9.17) is 20.8 Å². The minimum Gasteiger partial charge on any atom is -0.495 e. The number of ether oxygens (including phenoxy) is 1. The van der Waals surface area contributed by atoms with E-state index >= 15 is 0 Å². The van der Waals surface area contributed by atoms with Gasteiger partial charge in [-0.05, 0) is 42.7 Å². The number of furan rings is 1. The summed E-state index contributed by atoms with van der Waals surface area (Å²) in [6.45, 7) is 0.650. The van der Waals surface area contributed by atoms with Gasteiger partial charge in [-0.2, -0.15) is 0 Å². The van der Waals surface area contributed by atoms with Gasteiger partial charge in [0.2, 0.25) is 0 Å². The topological polar surface area (TPSA) is 42.6 Å². The Hall–Kier alpha value is -0.930. The van der Waals surface area contributed by atoms with Crippen molar-refractivity contribution in [3.05, 3.63) is 34.9 Å². The van der Waals surface area contributed by atoms with Crippen molar-refractivity contribution >= 4 is 11.6 Å². The molecule has 0 aromatic carbocycles. The number of allylic oxidation sites excluding steroid dienone is 1. The molecule has 1 atom stereocenters. The van der Waals surface area contributed by atoms with E-state index in [1.807, 2.05) is 6.08 Å². The predicted molar refractivity (Wildman–Crippen MR) is 51.9 cm³/mol. The van der Waals surface area contributed by atoms with Gasteiger partial charge in [0, 0.05) is 0 Å². The molecule has 3 nitrogen and oxygen atoms in total. The first-order valence-electron chi connectivity index (χ1n) is 4.53. The third-order valence-corrected chi connectivity index (χ3v) is 2.30. The summed E-state index contributed by atoms with van der Waals surface area (Å²) in [4.78, 5) is 0. The number of aliphatic hydroxyl groups excluding tert-OH is 1. The fourth-order valence-electron chi connectivity index (χ4n) is 1.38. The smallest absolute Gasteiger partial charge is 0.193 e. The second kappa shape index (κ2) is 4.07. The van der Waals surface area contributed by atoms with Gasteiger partial charge in [0.15, 0.2) is 11.3 Å². The molecule has 1 unspecified atom stereocenters. The maximum Gasteiger partial charge on any atom is 0.193 e. The highest BCUT2D eigenvalue weighted by molar-refractivity contribution is 6.28. The van der Waals surface area contributed by atoms with Crippen molar-refractivity contribution in [2.24, 2.45) is 0 Å². The van der Waals surface area contributed by atoms with Crippen LogP contribution in [0.3, 0.4) is 0 Å². The van der Waals surface area contributed by atoms with Crippen LogP contribution in [0.5, 0.6) is 0 Å². The zero-order valence-electron chi connectivity index (χ0n) is 7.57. The monoisotopic (exact) mass is 214 g/mol. The molecule has 76 valence electrons. The fourth-order valence-corrected chi connectivity index (χ4v) is 1.53. The molecule has 1 aromatic rings. The van der Waals surface area contributed by atoms with Gasteiger partial charge in [0.05, 0.1) is 6.61 Å². The number of halogens is 1. The van der Waals surface area contributed by atoms with Gasteiger partial charge in [-0.1, -0.05) is 0 Å². The second-order valence-electron chi connectivity index (χ2n) is 3.14. The van der Waals surface area contributed by atoms with Crippen LogP contribution in [0.15, 0.2) is 28.4 Å². The van der Waals surface area contributed by atoms with Gasteiger partial charge in [-0.15, -0.1) is 0 Å². The molecule has 1 N–H and O–H groups in total. The van der Waals surface area contributed by atoms with E-state index < -0.39 is 6.10 Å². The predicted octanol–water partition coefficient (Wildman–Crippen LogP) is 2.66. The Morgan fingerprint density at radius 3 is 2.86 bits per heavy atom. The lowest BCUT2D eigenvalue weighted by atomic mass is 10.1. The molecular weight excluding hydrogens is 204 g/mol. The Bertz CT molecular complexity index is 343. The summed E-state index contributed by atoms with van der Waals surface area (Å²) >= 11 is 5.61. The quantitative estimate of drug-likeness (QED) is 0.823. The Labute approximate surface area is 86.9 Å². The average Bonchev–Trinajstić information content (AvgIpc) is 2.65. The minimum atomic E-state index is -0.831. The van der Waals surface area contributed by atoms with E-state index in [0.717, 1.165) is 12.8 Å². The zero-order chi connectivity index (χ0) is 9.97. The summed E-state index contributed by atoms with van der Waals surface area (Å²) < 4.78 is 10.4. The first kappa shape index (κ1) is 9.62. The lowest BCUT2D eigenvalue weighted by Gasteiger charge is -2.18. The third-order valence-electron chi connectivity index (χ3n) is 2.10. The van der Waals surface area contributed by atoms with Crippen LogP contribution in [0, 0.1) is 0 Å². The zero-order valence-corrected chi connectivity index (χ0v) is 8.33. The number of aliphatic hydroxyl groups is 1. The molecule has 0 fully saturated rings. The van der Waals surface area contributed by atoms with Crippen molar-refractivity contribution in [3.8, 4) is 0 Å². The van der Waals surface area contributed by atoms with Crippen LogP contribution >= 0.6 is 11.6 Å². The molecule has 1 aliphatic heterocycles. The molecule has 1 aliphatic rings. The molecule has 14 heavy (non-hydrogen) atoms. The fraction of sp³-hybridized carbons (Fsp3) is 0.400. The molecule has 0 bridgehead atoms. The van der Waals surface area contributed by atoms with Crippen LogP contribution in [-0.4, -0.2) is 11.7 Å². The van der Waals surface area contributed by atoms with Gasteiger partial charge < -0.3 is 14.3 Å². The van der Waals surface area contributed by atoms with Crippen molar-refractivity contribution in [1.82, 2.24) is 0 Å². The van der Waals surface area contributed by atoms with Gasteiger partial charge in [0.25, 0.3) is 0 Å². The molecular formula is C10H11ClO3. The lowest BCUT2D eigenvalue weighted by Crippen LogP contribution is -2.09. The maximum absolute atomic E-state index is 9.81. The summed E-state index contributed by atoms with van der Waals surface area (Å²) in [5.74, 6) is 0.977. The van der Waals surface area contributed by atoms with Gasteiger partial charge in [-0.25, -0.2) is 0 Å². The van der Waals surface area contributed by atoms with E-state index in [1.54, 1.807) is 12.1 Å². The largest absolute Gasteiger partial charge is 0.495 e. The highest BCUT2D eigenvalue weighted by Gasteiger charge is 2.19. The molecule has 4 heteroatoms. The van der Waals surface area contributed by atoms with Crippen LogP contribution in [0.4, 0.5) is 0 Å². The van der Waals surface area contributed by atoms with Gasteiger partial charge >= 0.3 is 0 Å². The van der Waals surface area contributed by atoms with Crippen molar-refractivity contribution in [1.29, 1.82) is 0 Å². The number of rotatable bonds is 2. The average molecular weight is 215 g/mol. The lowest BCUT2D eigenvalue weighted by molar-refractivity contribution is 0.0789. The summed E-state index contributed by atoms with van der Waals surface area (Å²) in [6.07, 6.45) is 2.98. The molecule has 0 amide bonds. The molecule has 1 aromatic heterocycles. The number of hydrogen-bond donors (Lipinski definition) is 1. The van der Waals surface area contributed by atoms with Gasteiger partial charge in [-0.3, -0.25) is 0 Å². The summed E-state index contributed by atoms with van der Waals surface area (Å²) in [5, 5.41) is 10.1.